The van der Waals surface area contributed by atoms with Crippen LogP contribution >= 0.6 is 34.8 Å². The van der Waals surface area contributed by atoms with E-state index >= 15 is 0 Å². The van der Waals surface area contributed by atoms with E-state index in [1.807, 2.05) is 187 Å². The van der Waals surface area contributed by atoms with Crippen LogP contribution in [0.2, 0.25) is 15.1 Å². The van der Waals surface area contributed by atoms with Crippen molar-refractivity contribution in [1.29, 1.82) is 0 Å². The van der Waals surface area contributed by atoms with Crippen molar-refractivity contribution < 1.29 is 81.4 Å². The summed E-state index contributed by atoms with van der Waals surface area (Å²) in [7, 11) is -8.56. The summed E-state index contributed by atoms with van der Waals surface area (Å²) in [5, 5.41) is 81.8. The number of aromatic hydroxyl groups is 7. The smallest absolute Gasteiger partial charge is 0.251 e. The fourth-order valence-corrected chi connectivity index (χ4v) is 17.7. The minimum Gasteiger partial charge on any atom is -0.748 e. The number of H-pyrrole nitrogens is 2. The van der Waals surface area contributed by atoms with Gasteiger partial charge in [0.05, 0.1) is 87.7 Å². The normalized spacial score (nSPS) is 13.5. The molecule has 13 aromatic rings. The number of nitrogens with two attached hydrogens (primary N) is 1. The van der Waals surface area contributed by atoms with Gasteiger partial charge in [-0.3, -0.25) is 4.79 Å². The highest BCUT2D eigenvalue weighted by Gasteiger charge is 2.46. The minimum atomic E-state index is -4.30. The first-order valence-corrected chi connectivity index (χ1v) is 46.3. The minimum absolute atomic E-state index is 0.0397. The number of phenols is 7. The van der Waals surface area contributed by atoms with Crippen molar-refractivity contribution in [3.05, 3.63) is 326 Å². The first-order chi connectivity index (χ1) is 63.1. The molecule has 17 rings (SSSR count). The van der Waals surface area contributed by atoms with Crippen LogP contribution in [-0.4, -0.2) is 146 Å². The lowest BCUT2D eigenvalue weighted by Crippen LogP contribution is -2.54. The summed E-state index contributed by atoms with van der Waals surface area (Å²) in [6.07, 6.45) is 15.8. The molecule has 0 saturated carbocycles. The van der Waals surface area contributed by atoms with Crippen molar-refractivity contribution in [2.75, 3.05) is 37.7 Å². The van der Waals surface area contributed by atoms with Gasteiger partial charge in [-0.1, -0.05) is 144 Å². The summed E-state index contributed by atoms with van der Waals surface area (Å²) in [6.45, 7) is 10.6. The van der Waals surface area contributed by atoms with Gasteiger partial charge in [-0.15, -0.1) is 5.11 Å². The second-order valence-corrected chi connectivity index (χ2v) is 36.6. The molecule has 8 bridgehead atoms. The molecule has 0 spiro atoms. The molecule has 0 radical (unpaired) electrons. The summed E-state index contributed by atoms with van der Waals surface area (Å²) in [5.41, 5.74) is 31.0. The average Bonchev–Trinajstić information content (AvgIpc) is 1.59. The van der Waals surface area contributed by atoms with Gasteiger partial charge in [0, 0.05) is 127 Å². The predicted octanol–water partition coefficient (Wildman–Crippen LogP) is 20.2. The van der Waals surface area contributed by atoms with Crippen LogP contribution in [0.5, 0.6) is 40.2 Å². The van der Waals surface area contributed by atoms with Crippen LogP contribution in [0.1, 0.15) is 101 Å². The maximum absolute atomic E-state index is 12.3. The van der Waals surface area contributed by atoms with Gasteiger partial charge in [-0.05, 0) is 213 Å². The molecule has 4 aliphatic rings. The number of halogens is 3. The van der Waals surface area contributed by atoms with E-state index in [-0.39, 0.29) is 90.6 Å². The number of hydrogen-bond acceptors (Lipinski definition) is 19. The van der Waals surface area contributed by atoms with E-state index in [0.29, 0.717) is 55.1 Å². The number of nitrogens with zero attached hydrogens (tertiary/aromatic N) is 6. The van der Waals surface area contributed by atoms with Gasteiger partial charge in [-0.25, -0.2) is 26.8 Å². The van der Waals surface area contributed by atoms with Crippen LogP contribution in [0, 0.1) is 0 Å². The number of benzene rings is 10. The summed E-state index contributed by atoms with van der Waals surface area (Å²) in [5.74, 6) is -0.449. The van der Waals surface area contributed by atoms with Gasteiger partial charge in [0.15, 0.2) is 17.2 Å². The number of hydrogen-bond donors (Lipinski definition) is 12. The third-order valence-corrected chi connectivity index (χ3v) is 25.2. The number of azo groups is 1. The Balaban J connectivity index is 0.000000152. The zero-order chi connectivity index (χ0) is 93.9. The Labute approximate surface area is 777 Å². The third-order valence-electron chi connectivity index (χ3n) is 22.6. The van der Waals surface area contributed by atoms with Crippen LogP contribution in [0.15, 0.2) is 265 Å². The Morgan fingerprint density at radius 1 is 0.477 bits per heavy atom. The molecule has 0 fully saturated rings. The van der Waals surface area contributed by atoms with E-state index in [1.165, 1.54) is 12.1 Å². The summed E-state index contributed by atoms with van der Waals surface area (Å²) in [4.78, 5) is 30.1. The lowest BCUT2D eigenvalue weighted by Gasteiger charge is -2.16. The summed E-state index contributed by atoms with van der Waals surface area (Å²) >= 11 is 17.6. The van der Waals surface area contributed by atoms with Gasteiger partial charge in [0.25, 0.3) is 5.91 Å². The molecule has 1 amide bonds. The SMILES string of the molecule is CC1(C)C(/C=C/c2cc(C(=O)NCC[NH3+])ccc2O)=[N+](CCCS(=O)(=O)[O-])c2ccccc21.CC1(C)C(/C=C/c2ccccc2O)=[N+](CCCS(=O)(=O)[O-])c2ccc(CN)cc21.Oc1c(Cl)cc(Cl)c(Cl)c1N=Nc1ccccc1.Oc1ccc(-c2c3nc(c(-c4ccc(O)cc4)c4ccc([nH]4)c(-c4ccc(O)cc4)c4nc(c(-c5ccc(O)cc5)c5ccc2[nH]5)C=C4)C=C3)cc1. The predicted molar refractivity (Wildman–Crippen MR) is 520 cm³/mol. The monoisotopic (exact) mass is 1860 g/mol. The molecule has 0 aliphatic carbocycles. The number of rotatable bonds is 22. The lowest BCUT2D eigenvalue weighted by molar-refractivity contribution is -0.437. The van der Waals surface area contributed by atoms with Gasteiger partial charge in [0.1, 0.15) is 53.3 Å². The maximum Gasteiger partial charge on any atom is 0.251 e. The van der Waals surface area contributed by atoms with Gasteiger partial charge >= 0.3 is 0 Å². The van der Waals surface area contributed by atoms with E-state index < -0.39 is 31.7 Å². The number of aromatic amines is 2. The van der Waals surface area contributed by atoms with Crippen LogP contribution in [0.4, 0.5) is 22.7 Å². The third kappa shape index (κ3) is 21.8. The van der Waals surface area contributed by atoms with E-state index in [1.54, 1.807) is 91.0 Å². The Morgan fingerprint density at radius 2 is 0.894 bits per heavy atom. The van der Waals surface area contributed by atoms with Crippen molar-refractivity contribution in [2.24, 2.45) is 16.0 Å². The maximum atomic E-state index is 12.3. The fourth-order valence-electron chi connectivity index (χ4n) is 16.1. The van der Waals surface area contributed by atoms with E-state index in [0.717, 1.165) is 129 Å². The van der Waals surface area contributed by atoms with Crippen molar-refractivity contribution in [3.8, 4) is 84.8 Å². The Hall–Kier alpha value is -14.1. The van der Waals surface area contributed by atoms with Crippen molar-refractivity contribution in [1.82, 2.24) is 25.3 Å². The molecule has 0 unspecified atom stereocenters. The Kier molecular flexibility index (Phi) is 28.9. The topological polar surface area (TPSA) is 427 Å². The van der Waals surface area contributed by atoms with E-state index in [2.05, 4.69) is 69.6 Å². The molecule has 3 aromatic heterocycles. The molecular formula is C102H93Cl3N11O14S2+. The number of aromatic nitrogens is 4. The molecule has 132 heavy (non-hydrogen) atoms. The quantitative estimate of drug-likeness (QED) is 0.0130. The average molecular weight is 1870 g/mol. The van der Waals surface area contributed by atoms with E-state index in [4.69, 9.17) is 50.5 Å². The van der Waals surface area contributed by atoms with Crippen LogP contribution in [-0.2, 0) is 37.6 Å². The highest BCUT2D eigenvalue weighted by atomic mass is 35.5. The number of phenolic OH excluding ortho intramolecular Hbond substituents is 7. The van der Waals surface area contributed by atoms with Crippen molar-refractivity contribution >= 4 is 154 Å². The highest BCUT2D eigenvalue weighted by Crippen LogP contribution is 2.47. The number of amides is 1. The number of fused-ring (bicyclic) bond motifs is 10. The van der Waals surface area contributed by atoms with Crippen molar-refractivity contribution in [2.45, 2.75) is 57.9 Å². The Morgan fingerprint density at radius 3 is 1.34 bits per heavy atom. The van der Waals surface area contributed by atoms with E-state index in [9.17, 15) is 66.5 Å². The highest BCUT2D eigenvalue weighted by molar-refractivity contribution is 7.85. The molecule has 7 heterocycles. The first-order valence-electron chi connectivity index (χ1n) is 42.0. The number of nitrogens with one attached hydrogen (secondary N) is 3. The number of carbonyl (C=O) groups is 1. The van der Waals surface area contributed by atoms with Gasteiger partial charge < -0.3 is 71.6 Å². The number of para-hydroxylation sites is 2. The summed E-state index contributed by atoms with van der Waals surface area (Å²) < 4.78 is 70.5. The van der Waals surface area contributed by atoms with Crippen LogP contribution in [0.25, 0.3) is 103 Å². The molecule has 30 heteroatoms. The second kappa shape index (κ2) is 40.5. The lowest BCUT2D eigenvalue weighted by atomic mass is 9.80. The second-order valence-electron chi connectivity index (χ2n) is 32.3. The van der Waals surface area contributed by atoms with Gasteiger partial charge in [0.2, 0.25) is 11.4 Å². The molecule has 15 N–H and O–H groups in total. The summed E-state index contributed by atoms with van der Waals surface area (Å²) in [6, 6.07) is 72.3. The first kappa shape index (κ1) is 94.0. The number of carbonyl (C=O) groups excluding carboxylic acids is 1. The van der Waals surface area contributed by atoms with Crippen molar-refractivity contribution in [3.63, 3.8) is 0 Å². The molecule has 0 atom stereocenters. The number of quaternary nitrogens is 1. The Bertz CT molecular complexity index is 6840. The molecule has 4 aliphatic heterocycles. The largest absolute Gasteiger partial charge is 0.748 e. The standard InChI is InChI=1S/C44H30N4O4.C24H29N3O5S.C22H26N2O4S.C12H7Cl3N2O/c49-29-9-1-25(2-10-29)41-33-17-19-35(45-33)42(26-3-11-30(50)12-4-26)37-21-23-39(47-37)44(28-7-15-32(52)16-8-28)40-24-22-38(48-40)43(36-20-18-34(41)46-36)27-5-13-31(51)14-6-27;1-24(2)19-6-3-4-7-20(19)27(14-5-15-33(30,31)32)22(24)11-9-17-16-18(8-10-21(17)28)23(29)26-13-12-25;1-22(2)18-14-16(15-23)8-10-19(18)24(12-5-13-29(26,27)28)21(22)11-9-17-6-3-4-7-20(17)25;13-8-6-9(14)12(18)11(10(8)15)17-16-7-4-2-1-3-5-7/h1-24,45,48-52H;3-4,6-11,16H,5,12-15,25H2,1-2H3,(H2,26,29,30,31,32);3-4,6-11,14H,5,12-13,15,23H2,1-2H3,(H,26,27,28);1-6,18H/p+1. The zero-order valence-electron chi connectivity index (χ0n) is 72.0. The molecular weight excluding hydrogens is 1770 g/mol. The fraction of sp³-hybridized carbons (Fsp3) is 0.147. The van der Waals surface area contributed by atoms with Crippen LogP contribution < -0.4 is 16.8 Å². The number of allylic oxidation sites excluding steroid dienone is 2. The molecule has 0 saturated heterocycles. The zero-order valence-corrected chi connectivity index (χ0v) is 75.9. The molecule has 10 aromatic carbocycles. The van der Waals surface area contributed by atoms with Crippen LogP contribution in [0.3, 0.4) is 0 Å². The van der Waals surface area contributed by atoms with Gasteiger partial charge in [-0.2, -0.15) is 14.3 Å². The molecule has 25 nitrogen and oxygen atoms in total. The molecule has 672 valence electrons.